The minimum Gasteiger partial charge on any atom is -0.497 e. The van der Waals surface area contributed by atoms with Crippen LogP contribution in [-0.4, -0.2) is 59.3 Å². The molecule has 2 heterocycles. The summed E-state index contributed by atoms with van der Waals surface area (Å²) in [5.41, 5.74) is -0.360. The van der Waals surface area contributed by atoms with Crippen LogP contribution in [0.2, 0.25) is 0 Å². The lowest BCUT2D eigenvalue weighted by Gasteiger charge is -2.42. The molecule has 7 nitrogen and oxygen atoms in total. The fourth-order valence-corrected chi connectivity index (χ4v) is 3.70. The Morgan fingerprint density at radius 1 is 1.20 bits per heavy atom. The zero-order chi connectivity index (χ0) is 17.9. The van der Waals surface area contributed by atoms with Gasteiger partial charge in [0.2, 0.25) is 0 Å². The lowest BCUT2D eigenvalue weighted by molar-refractivity contribution is -0.107. The van der Waals surface area contributed by atoms with Crippen molar-refractivity contribution in [3.05, 3.63) is 23.5 Å². The number of nitrogens with zero attached hydrogens (tertiary/aromatic N) is 2. The van der Waals surface area contributed by atoms with Gasteiger partial charge < -0.3 is 19.5 Å². The largest absolute Gasteiger partial charge is 0.497 e. The lowest BCUT2D eigenvalue weighted by atomic mass is 9.92. The second-order valence-corrected chi connectivity index (χ2v) is 6.76. The van der Waals surface area contributed by atoms with Gasteiger partial charge in [0.1, 0.15) is 11.4 Å². The third-order valence-corrected chi connectivity index (χ3v) is 5.02. The van der Waals surface area contributed by atoms with Gasteiger partial charge in [0.05, 0.1) is 25.9 Å². The van der Waals surface area contributed by atoms with E-state index in [4.69, 9.17) is 9.47 Å². The second-order valence-electron chi connectivity index (χ2n) is 6.76. The average molecular weight is 348 g/mol. The van der Waals surface area contributed by atoms with Gasteiger partial charge in [-0.3, -0.25) is 4.79 Å². The summed E-state index contributed by atoms with van der Waals surface area (Å²) in [4.78, 5) is 29.9. The molecule has 136 valence electrons. The molecule has 1 amide bonds. The Kier molecular flexibility index (Phi) is 5.22. The molecule has 25 heavy (non-hydrogen) atoms. The number of ether oxygens (including phenoxy) is 2. The van der Waals surface area contributed by atoms with Gasteiger partial charge in [-0.2, -0.15) is 0 Å². The topological polar surface area (TPSA) is 89.0 Å². The summed E-state index contributed by atoms with van der Waals surface area (Å²) in [6.45, 7) is 1.52. The number of rotatable bonds is 3. The Hall–Kier alpha value is -2.15. The summed E-state index contributed by atoms with van der Waals surface area (Å²) in [6.07, 6.45) is 6.56. The number of hydrogen-bond donors (Lipinski definition) is 1. The third-order valence-electron chi connectivity index (χ3n) is 5.02. The van der Waals surface area contributed by atoms with Gasteiger partial charge in [0.15, 0.2) is 5.69 Å². The highest BCUT2D eigenvalue weighted by atomic mass is 16.5. The van der Waals surface area contributed by atoms with E-state index < -0.39 is 5.97 Å². The predicted octanol–water partition coefficient (Wildman–Crippen LogP) is 2.35. The number of amides is 1. The van der Waals surface area contributed by atoms with Crippen molar-refractivity contribution in [3.63, 3.8) is 0 Å². The molecular weight excluding hydrogens is 324 g/mol. The summed E-state index contributed by atoms with van der Waals surface area (Å²) in [5.74, 6) is -1.14. The standard InChI is InChI=1S/C18H24N2O5/c1-24-13-10-14(19-15(11-13)17(22)23)16(21)20-8-9-25-18(12-20)6-4-2-3-5-7-18/h10-11H,2-9,12H2,1H3,(H,22,23). The van der Waals surface area contributed by atoms with Gasteiger partial charge in [-0.05, 0) is 12.8 Å². The summed E-state index contributed by atoms with van der Waals surface area (Å²) < 4.78 is 11.2. The Labute approximate surface area is 146 Å². The maximum Gasteiger partial charge on any atom is 0.354 e. The second kappa shape index (κ2) is 7.39. The SMILES string of the molecule is COc1cc(C(=O)O)nc(C(=O)N2CCOC3(CCCCCC3)C2)c1. The molecule has 1 aromatic heterocycles. The smallest absolute Gasteiger partial charge is 0.354 e. The molecular formula is C18H24N2O5. The first-order valence-corrected chi connectivity index (χ1v) is 8.76. The van der Waals surface area contributed by atoms with Gasteiger partial charge in [0, 0.05) is 18.7 Å². The molecule has 1 aliphatic carbocycles. The van der Waals surface area contributed by atoms with Crippen LogP contribution in [-0.2, 0) is 4.74 Å². The summed E-state index contributed by atoms with van der Waals surface area (Å²) >= 11 is 0. The molecule has 7 heteroatoms. The maximum atomic E-state index is 12.9. The predicted molar refractivity (Wildman–Crippen MR) is 90.0 cm³/mol. The van der Waals surface area contributed by atoms with Crippen LogP contribution in [0.1, 0.15) is 59.5 Å². The van der Waals surface area contributed by atoms with Crippen molar-refractivity contribution >= 4 is 11.9 Å². The monoisotopic (exact) mass is 348 g/mol. The molecule has 1 aliphatic heterocycles. The Balaban J connectivity index is 1.82. The van der Waals surface area contributed by atoms with Crippen molar-refractivity contribution in [1.29, 1.82) is 0 Å². The Morgan fingerprint density at radius 3 is 2.52 bits per heavy atom. The Bertz CT molecular complexity index is 653. The number of morpholine rings is 1. The minimum atomic E-state index is -1.19. The zero-order valence-electron chi connectivity index (χ0n) is 14.5. The first-order chi connectivity index (χ1) is 12.0. The molecule has 1 N–H and O–H groups in total. The van der Waals surface area contributed by atoms with Crippen molar-refractivity contribution in [3.8, 4) is 5.75 Å². The normalized spacial score (nSPS) is 20.1. The molecule has 0 radical (unpaired) electrons. The fourth-order valence-electron chi connectivity index (χ4n) is 3.70. The van der Waals surface area contributed by atoms with Crippen LogP contribution in [0.15, 0.2) is 12.1 Å². The molecule has 2 fully saturated rings. The zero-order valence-corrected chi connectivity index (χ0v) is 14.5. The summed E-state index contributed by atoms with van der Waals surface area (Å²) in [6, 6.07) is 2.80. The van der Waals surface area contributed by atoms with E-state index >= 15 is 0 Å². The van der Waals surface area contributed by atoms with Crippen LogP contribution in [0.4, 0.5) is 0 Å². The number of aromatic nitrogens is 1. The van der Waals surface area contributed by atoms with Gasteiger partial charge in [-0.1, -0.05) is 25.7 Å². The first kappa shape index (κ1) is 17.7. The third kappa shape index (κ3) is 3.92. The number of carboxylic acids is 1. The fraction of sp³-hybridized carbons (Fsp3) is 0.611. The number of carboxylic acid groups (broad SMARTS) is 1. The number of hydrogen-bond acceptors (Lipinski definition) is 5. The molecule has 1 aromatic rings. The van der Waals surface area contributed by atoms with Crippen LogP contribution in [0.25, 0.3) is 0 Å². The first-order valence-electron chi connectivity index (χ1n) is 8.76. The minimum absolute atomic E-state index is 0.0995. The number of aromatic carboxylic acids is 1. The van der Waals surface area contributed by atoms with Crippen molar-refractivity contribution < 1.29 is 24.2 Å². The highest BCUT2D eigenvalue weighted by molar-refractivity contribution is 5.95. The molecule has 1 saturated heterocycles. The molecule has 2 aliphatic rings. The van der Waals surface area contributed by atoms with Crippen LogP contribution < -0.4 is 4.74 Å². The van der Waals surface area contributed by atoms with Gasteiger partial charge in [-0.25, -0.2) is 9.78 Å². The van der Waals surface area contributed by atoms with Gasteiger partial charge in [0.25, 0.3) is 5.91 Å². The van der Waals surface area contributed by atoms with Crippen molar-refractivity contribution in [2.24, 2.45) is 0 Å². The van der Waals surface area contributed by atoms with E-state index in [-0.39, 0.29) is 22.9 Å². The highest BCUT2D eigenvalue weighted by Crippen LogP contribution is 2.33. The summed E-state index contributed by atoms with van der Waals surface area (Å²) in [7, 11) is 1.43. The molecule has 1 saturated carbocycles. The Morgan fingerprint density at radius 2 is 1.88 bits per heavy atom. The molecule has 1 spiro atoms. The molecule has 0 bridgehead atoms. The lowest BCUT2D eigenvalue weighted by Crippen LogP contribution is -2.53. The van der Waals surface area contributed by atoms with Crippen molar-refractivity contribution in [1.82, 2.24) is 9.88 Å². The van der Waals surface area contributed by atoms with E-state index in [0.29, 0.717) is 25.4 Å². The number of carbonyl (C=O) groups is 2. The van der Waals surface area contributed by atoms with Gasteiger partial charge in [-0.15, -0.1) is 0 Å². The van der Waals surface area contributed by atoms with E-state index in [1.165, 1.54) is 32.1 Å². The van der Waals surface area contributed by atoms with E-state index in [1.807, 2.05) is 0 Å². The quantitative estimate of drug-likeness (QED) is 0.902. The van der Waals surface area contributed by atoms with Crippen LogP contribution in [0.5, 0.6) is 5.75 Å². The molecule has 0 aromatic carbocycles. The molecule has 3 rings (SSSR count). The van der Waals surface area contributed by atoms with Crippen molar-refractivity contribution in [2.75, 3.05) is 26.8 Å². The average Bonchev–Trinajstić information content (AvgIpc) is 2.86. The van der Waals surface area contributed by atoms with E-state index in [2.05, 4.69) is 4.98 Å². The van der Waals surface area contributed by atoms with Gasteiger partial charge >= 0.3 is 5.97 Å². The highest BCUT2D eigenvalue weighted by Gasteiger charge is 2.39. The maximum absolute atomic E-state index is 12.9. The summed E-state index contributed by atoms with van der Waals surface area (Å²) in [5, 5.41) is 9.19. The van der Waals surface area contributed by atoms with Crippen molar-refractivity contribution in [2.45, 2.75) is 44.1 Å². The van der Waals surface area contributed by atoms with E-state index in [9.17, 15) is 14.7 Å². The van der Waals surface area contributed by atoms with Crippen LogP contribution in [0, 0.1) is 0 Å². The van der Waals surface area contributed by atoms with Crippen LogP contribution >= 0.6 is 0 Å². The number of pyridine rings is 1. The molecule has 0 unspecified atom stereocenters. The van der Waals surface area contributed by atoms with E-state index in [1.54, 1.807) is 4.90 Å². The van der Waals surface area contributed by atoms with E-state index in [0.717, 1.165) is 25.7 Å². The number of carbonyl (C=O) groups excluding carboxylic acids is 1. The number of methoxy groups -OCH3 is 1. The van der Waals surface area contributed by atoms with Crippen LogP contribution in [0.3, 0.4) is 0 Å². The molecule has 0 atom stereocenters.